The van der Waals surface area contributed by atoms with Gasteiger partial charge in [-0.2, -0.15) is 5.10 Å². The normalized spacial score (nSPS) is 14.4. The summed E-state index contributed by atoms with van der Waals surface area (Å²) < 4.78 is 5.80. The molecule has 0 bridgehead atoms. The minimum atomic E-state index is -0.127. The summed E-state index contributed by atoms with van der Waals surface area (Å²) in [7, 11) is 1.75. The number of aromatic nitrogens is 2. The van der Waals surface area contributed by atoms with Crippen molar-refractivity contribution in [3.8, 4) is 11.4 Å². The van der Waals surface area contributed by atoms with Gasteiger partial charge in [0.15, 0.2) is 5.82 Å². The average Bonchev–Trinajstić information content (AvgIpc) is 3.43. The summed E-state index contributed by atoms with van der Waals surface area (Å²) in [6.45, 7) is 8.60. The van der Waals surface area contributed by atoms with E-state index in [1.54, 1.807) is 7.11 Å². The predicted molar refractivity (Wildman–Crippen MR) is 153 cm³/mol. The first-order valence-electron chi connectivity index (χ1n) is 12.6. The number of nitrogens with one attached hydrogen (secondary N) is 3. The van der Waals surface area contributed by atoms with Gasteiger partial charge in [-0.1, -0.05) is 24.3 Å². The zero-order valence-electron chi connectivity index (χ0n) is 21.4. The second kappa shape index (κ2) is 11.4. The van der Waals surface area contributed by atoms with Gasteiger partial charge < -0.3 is 15.4 Å². The third-order valence-electron chi connectivity index (χ3n) is 6.68. The molecule has 1 saturated heterocycles. The van der Waals surface area contributed by atoms with E-state index in [2.05, 4.69) is 44.9 Å². The lowest BCUT2D eigenvalue weighted by molar-refractivity contribution is 0.0917. The van der Waals surface area contributed by atoms with Crippen LogP contribution in [0.3, 0.4) is 0 Å². The maximum absolute atomic E-state index is 5.80. The number of aryl methyl sites for hydroxylation is 1. The maximum Gasteiger partial charge on any atom is 0.164 e. The third-order valence-corrected chi connectivity index (χ3v) is 6.68. The van der Waals surface area contributed by atoms with Crippen molar-refractivity contribution in [2.45, 2.75) is 26.0 Å². The molecule has 0 aliphatic carbocycles. The molecule has 1 fully saturated rings. The molecule has 1 unspecified atom stereocenters. The number of para-hydroxylation sites is 2. The lowest BCUT2D eigenvalue weighted by atomic mass is 10.1. The van der Waals surface area contributed by atoms with Crippen LogP contribution in [-0.2, 0) is 4.74 Å². The highest BCUT2D eigenvalue weighted by Crippen LogP contribution is 2.32. The highest BCUT2D eigenvalue weighted by molar-refractivity contribution is 5.93. The fourth-order valence-corrected chi connectivity index (χ4v) is 4.74. The molecule has 2 heterocycles. The van der Waals surface area contributed by atoms with Gasteiger partial charge in [0.05, 0.1) is 11.2 Å². The van der Waals surface area contributed by atoms with Crippen molar-refractivity contribution >= 4 is 40.5 Å². The summed E-state index contributed by atoms with van der Waals surface area (Å²) in [5.41, 5.74) is 8.55. The van der Waals surface area contributed by atoms with E-state index in [9.17, 15) is 0 Å². The molecule has 37 heavy (non-hydrogen) atoms. The van der Waals surface area contributed by atoms with Crippen molar-refractivity contribution in [3.63, 3.8) is 0 Å². The zero-order chi connectivity index (χ0) is 25.6. The number of anilines is 4. The third kappa shape index (κ3) is 5.71. The molecular formula is C29H33N7O. The summed E-state index contributed by atoms with van der Waals surface area (Å²) in [6.07, 6.45) is 2.37. The molecule has 1 aliphatic heterocycles. The minimum absolute atomic E-state index is 0.127. The van der Waals surface area contributed by atoms with Gasteiger partial charge in [-0.25, -0.2) is 9.97 Å². The van der Waals surface area contributed by atoms with E-state index in [1.165, 1.54) is 12.8 Å². The molecule has 1 atom stereocenters. The number of likely N-dealkylation sites (tertiary alicyclic amines) is 1. The highest BCUT2D eigenvalue weighted by Gasteiger charge is 2.19. The molecule has 8 heteroatoms. The summed E-state index contributed by atoms with van der Waals surface area (Å²) in [6, 6.07) is 22.2. The molecule has 190 valence electrons. The van der Waals surface area contributed by atoms with Gasteiger partial charge in [-0.3, -0.25) is 10.3 Å². The monoisotopic (exact) mass is 495 g/mol. The van der Waals surface area contributed by atoms with Crippen LogP contribution in [0.2, 0.25) is 0 Å². The van der Waals surface area contributed by atoms with Crippen LogP contribution in [0, 0.1) is 6.92 Å². The van der Waals surface area contributed by atoms with Gasteiger partial charge in [0, 0.05) is 42.7 Å². The second-order valence-electron chi connectivity index (χ2n) is 9.26. The molecule has 0 spiro atoms. The Bertz CT molecular complexity index is 1380. The second-order valence-corrected chi connectivity index (χ2v) is 9.26. The van der Waals surface area contributed by atoms with Crippen LogP contribution < -0.4 is 16.1 Å². The topological polar surface area (TPSA) is 86.7 Å². The molecule has 5 rings (SSSR count). The Morgan fingerprint density at radius 1 is 1.00 bits per heavy atom. The van der Waals surface area contributed by atoms with Crippen LogP contribution >= 0.6 is 0 Å². The van der Waals surface area contributed by atoms with E-state index in [0.717, 1.165) is 64.5 Å². The Balaban J connectivity index is 1.49. The Hall–Kier alpha value is -4.01. The number of nitrogens with zero attached hydrogens (tertiary/aromatic N) is 4. The van der Waals surface area contributed by atoms with Crippen LogP contribution in [-0.4, -0.2) is 54.6 Å². The fourth-order valence-electron chi connectivity index (χ4n) is 4.74. The Morgan fingerprint density at radius 2 is 1.78 bits per heavy atom. The first-order chi connectivity index (χ1) is 18.1. The number of methoxy groups -OCH3 is 1. The van der Waals surface area contributed by atoms with Gasteiger partial charge in [-0.15, -0.1) is 0 Å². The number of rotatable bonds is 10. The molecule has 4 aromatic rings. The van der Waals surface area contributed by atoms with Crippen LogP contribution in [0.5, 0.6) is 0 Å². The van der Waals surface area contributed by atoms with E-state index in [4.69, 9.17) is 14.7 Å². The summed E-state index contributed by atoms with van der Waals surface area (Å²) in [5.74, 6) is 1.39. The molecular weight excluding hydrogens is 462 g/mol. The number of hydrazone groups is 1. The van der Waals surface area contributed by atoms with Crippen molar-refractivity contribution in [1.82, 2.24) is 14.9 Å². The largest absolute Gasteiger partial charge is 0.360 e. The summed E-state index contributed by atoms with van der Waals surface area (Å²) in [5, 5.41) is 11.8. The quantitative estimate of drug-likeness (QED) is 0.144. The lowest BCUT2D eigenvalue weighted by Crippen LogP contribution is -2.36. The number of hydrogen-bond donors (Lipinski definition) is 3. The first-order valence-corrected chi connectivity index (χ1v) is 12.6. The Kier molecular flexibility index (Phi) is 7.58. The van der Waals surface area contributed by atoms with Crippen LogP contribution in [0.1, 0.15) is 18.4 Å². The molecule has 3 aromatic carbocycles. The van der Waals surface area contributed by atoms with Gasteiger partial charge in [0.1, 0.15) is 12.0 Å². The van der Waals surface area contributed by atoms with Crippen LogP contribution in [0.4, 0.5) is 22.9 Å². The highest BCUT2D eigenvalue weighted by atomic mass is 16.5. The van der Waals surface area contributed by atoms with Crippen LogP contribution in [0.15, 0.2) is 71.8 Å². The average molecular weight is 496 g/mol. The predicted octanol–water partition coefficient (Wildman–Crippen LogP) is 5.86. The number of hydrogen-bond acceptors (Lipinski definition) is 8. The maximum atomic E-state index is 5.80. The minimum Gasteiger partial charge on any atom is -0.360 e. The first kappa shape index (κ1) is 24.7. The molecule has 3 N–H and O–H groups in total. The number of benzene rings is 3. The molecule has 0 saturated carbocycles. The Morgan fingerprint density at radius 3 is 2.57 bits per heavy atom. The van der Waals surface area contributed by atoms with E-state index < -0.39 is 0 Å². The standard InChI is InChI=1S/C29H33N7O/c1-20-18-21(14-15-24(20)35-30-2)31-28-23-11-5-7-13-26(23)33-29(34-28)22-10-4-6-12-25(22)32-27(37-3)19-36-16-8-9-17-36/h4-7,10-15,18,27,32,35H,2,8-9,16-17,19H2,1,3H3,(H,31,33,34). The van der Waals surface area contributed by atoms with Gasteiger partial charge in [-0.05, 0) is 80.9 Å². The molecule has 8 nitrogen and oxygen atoms in total. The lowest BCUT2D eigenvalue weighted by Gasteiger charge is -2.25. The zero-order valence-corrected chi connectivity index (χ0v) is 21.4. The molecule has 1 aromatic heterocycles. The van der Waals surface area contributed by atoms with Crippen molar-refractivity contribution in [2.75, 3.05) is 42.8 Å². The van der Waals surface area contributed by atoms with Crippen LogP contribution in [0.25, 0.3) is 22.3 Å². The summed E-state index contributed by atoms with van der Waals surface area (Å²) >= 11 is 0. The van der Waals surface area contributed by atoms with Gasteiger partial charge in [0.2, 0.25) is 0 Å². The molecule has 1 aliphatic rings. The molecule has 0 radical (unpaired) electrons. The fraction of sp³-hybridized carbons (Fsp3) is 0.276. The van der Waals surface area contributed by atoms with Crippen molar-refractivity contribution in [3.05, 3.63) is 72.3 Å². The smallest absolute Gasteiger partial charge is 0.164 e. The van der Waals surface area contributed by atoms with E-state index in [0.29, 0.717) is 5.82 Å². The Labute approximate surface area is 217 Å². The van der Waals surface area contributed by atoms with Gasteiger partial charge >= 0.3 is 0 Å². The van der Waals surface area contributed by atoms with E-state index in [1.807, 2.05) is 61.5 Å². The number of ether oxygens (including phenoxy) is 1. The van der Waals surface area contributed by atoms with Crippen molar-refractivity contribution in [2.24, 2.45) is 5.10 Å². The molecule has 0 amide bonds. The van der Waals surface area contributed by atoms with Gasteiger partial charge in [0.25, 0.3) is 0 Å². The number of fused-ring (bicyclic) bond motifs is 1. The summed E-state index contributed by atoms with van der Waals surface area (Å²) in [4.78, 5) is 12.4. The SMILES string of the molecule is C=NNc1ccc(Nc2nc(-c3ccccc3NC(CN3CCCC3)OC)nc3ccccc23)cc1C. The van der Waals surface area contributed by atoms with Crippen molar-refractivity contribution in [1.29, 1.82) is 0 Å². The van der Waals surface area contributed by atoms with E-state index in [-0.39, 0.29) is 6.23 Å². The van der Waals surface area contributed by atoms with Crippen molar-refractivity contribution < 1.29 is 4.74 Å². The van der Waals surface area contributed by atoms with E-state index >= 15 is 0 Å².